The maximum absolute atomic E-state index is 12.9. The number of hydrogen-bond acceptors (Lipinski definition) is 6. The maximum atomic E-state index is 12.9. The van der Waals surface area contributed by atoms with E-state index >= 15 is 0 Å². The van der Waals surface area contributed by atoms with E-state index < -0.39 is 34.3 Å². The number of carboxylic acid groups (broad SMARTS) is 1. The van der Waals surface area contributed by atoms with Gasteiger partial charge < -0.3 is 19.4 Å². The van der Waals surface area contributed by atoms with Crippen LogP contribution in [0.2, 0.25) is 0 Å². The number of alkyl halides is 3. The van der Waals surface area contributed by atoms with E-state index in [0.29, 0.717) is 12.1 Å². The van der Waals surface area contributed by atoms with E-state index in [1.165, 1.54) is 38.4 Å². The molecule has 0 unspecified atom stereocenters. The molecule has 0 aliphatic carbocycles. The average Bonchev–Trinajstić information content (AvgIpc) is 2.60. The molecule has 0 saturated carbocycles. The molecule has 12 heteroatoms. The number of nitrogens with zero attached hydrogens (tertiary/aromatic N) is 1. The third kappa shape index (κ3) is 6.61. The first-order chi connectivity index (χ1) is 12.9. The molecule has 0 atom stereocenters. The van der Waals surface area contributed by atoms with Gasteiger partial charge in [0.25, 0.3) is 0 Å². The number of carbonyl (C=O) groups is 1. The summed E-state index contributed by atoms with van der Waals surface area (Å²) < 4.78 is 74.1. The molecule has 29 heavy (non-hydrogen) atoms. The van der Waals surface area contributed by atoms with E-state index in [2.05, 4.69) is 0 Å². The molecular weight excluding hydrogens is 426 g/mol. The predicted molar refractivity (Wildman–Crippen MR) is 89.3 cm³/mol. The van der Waals surface area contributed by atoms with Crippen molar-refractivity contribution in [2.24, 2.45) is 0 Å². The molecule has 0 N–H and O–H groups in total. The van der Waals surface area contributed by atoms with Crippen molar-refractivity contribution < 1.29 is 70.5 Å². The summed E-state index contributed by atoms with van der Waals surface area (Å²) in [5, 5.41) is 10.5. The van der Waals surface area contributed by atoms with Gasteiger partial charge in [-0.3, -0.25) is 0 Å². The van der Waals surface area contributed by atoms with Gasteiger partial charge in [-0.15, -0.1) is 0 Å². The van der Waals surface area contributed by atoms with Gasteiger partial charge in [0.2, 0.25) is 10.0 Å². The number of halogens is 3. The number of benzene rings is 2. The first-order valence-corrected chi connectivity index (χ1v) is 9.09. The fourth-order valence-corrected chi connectivity index (χ4v) is 2.94. The summed E-state index contributed by atoms with van der Waals surface area (Å²) >= 11 is 0. The topological polar surface area (TPSA) is 96.0 Å². The molecule has 2 aromatic rings. The molecule has 0 amide bonds. The monoisotopic (exact) mass is 441 g/mol. The van der Waals surface area contributed by atoms with Crippen LogP contribution in [-0.4, -0.2) is 39.4 Å². The molecule has 0 aromatic heterocycles. The molecular formula is C17H15F3NNaO6S. The summed E-state index contributed by atoms with van der Waals surface area (Å²) in [4.78, 5) is 10.5. The minimum absolute atomic E-state index is 0. The Bertz CT molecular complexity index is 962. The second kappa shape index (κ2) is 9.81. The zero-order valence-corrected chi connectivity index (χ0v) is 18.5. The summed E-state index contributed by atoms with van der Waals surface area (Å²) in [6.07, 6.45) is -4.66. The normalized spacial score (nSPS) is 11.7. The van der Waals surface area contributed by atoms with E-state index in [-0.39, 0.29) is 51.7 Å². The number of ether oxygens (including phenoxy) is 2. The maximum Gasteiger partial charge on any atom is 1.00 e. The van der Waals surface area contributed by atoms with Crippen molar-refractivity contribution in [2.45, 2.75) is 11.1 Å². The van der Waals surface area contributed by atoms with Crippen molar-refractivity contribution >= 4 is 16.0 Å². The van der Waals surface area contributed by atoms with Gasteiger partial charge in [-0.2, -0.15) is 13.2 Å². The number of rotatable bonds is 7. The summed E-state index contributed by atoms with van der Waals surface area (Å²) in [5.74, 6) is -2.18. The van der Waals surface area contributed by atoms with Crippen LogP contribution in [0, 0.1) is 0 Å². The molecule has 0 radical (unpaired) electrons. The van der Waals surface area contributed by atoms with Crippen LogP contribution in [0.5, 0.6) is 17.2 Å². The van der Waals surface area contributed by atoms with E-state index in [0.717, 1.165) is 10.4 Å². The molecule has 2 rings (SSSR count). The third-order valence-corrected chi connectivity index (χ3v) is 5.28. The van der Waals surface area contributed by atoms with Gasteiger partial charge in [-0.05, 0) is 42.5 Å². The first kappa shape index (κ1) is 25.2. The van der Waals surface area contributed by atoms with Gasteiger partial charge in [0, 0.05) is 14.1 Å². The van der Waals surface area contributed by atoms with E-state index in [4.69, 9.17) is 9.47 Å². The van der Waals surface area contributed by atoms with Crippen molar-refractivity contribution in [1.29, 1.82) is 0 Å². The Kier molecular flexibility index (Phi) is 8.54. The molecule has 0 spiro atoms. The van der Waals surface area contributed by atoms with Gasteiger partial charge in [-0.25, -0.2) is 12.7 Å². The van der Waals surface area contributed by atoms with Crippen molar-refractivity contribution in [1.82, 2.24) is 4.31 Å². The molecule has 0 heterocycles. The fourth-order valence-electron chi connectivity index (χ4n) is 2.04. The Morgan fingerprint density at radius 2 is 1.66 bits per heavy atom. The molecule has 0 aliphatic rings. The van der Waals surface area contributed by atoms with E-state index in [1.807, 2.05) is 0 Å². The van der Waals surface area contributed by atoms with Gasteiger partial charge >= 0.3 is 35.7 Å². The van der Waals surface area contributed by atoms with Gasteiger partial charge in [0.15, 0.2) is 11.5 Å². The standard InChI is InChI=1S/C17H16F3NO6S.Na/c1-21(2)28(24,25)13-6-4-12(5-7-13)27-15-9-11(17(18,19)20)3-8-14(15)26-10-16(22)23;/h3-9H,10H2,1-2H3,(H,22,23);/q;+1/p-1. The second-order valence-corrected chi connectivity index (χ2v) is 7.83. The Morgan fingerprint density at radius 1 is 1.07 bits per heavy atom. The smallest absolute Gasteiger partial charge is 0.546 e. The summed E-state index contributed by atoms with van der Waals surface area (Å²) in [5.41, 5.74) is -1.03. The number of carbonyl (C=O) groups excluding carboxylic acids is 1. The van der Waals surface area contributed by atoms with Crippen LogP contribution < -0.4 is 44.1 Å². The molecule has 2 aromatic carbocycles. The van der Waals surface area contributed by atoms with Crippen LogP contribution in [0.4, 0.5) is 13.2 Å². The predicted octanol–water partition coefficient (Wildman–Crippen LogP) is -1.12. The van der Waals surface area contributed by atoms with Crippen molar-refractivity contribution in [3.8, 4) is 17.2 Å². The van der Waals surface area contributed by atoms with Gasteiger partial charge in [0.1, 0.15) is 12.4 Å². The first-order valence-electron chi connectivity index (χ1n) is 7.65. The van der Waals surface area contributed by atoms with Crippen LogP contribution in [0.3, 0.4) is 0 Å². The fraction of sp³-hybridized carbons (Fsp3) is 0.235. The quantitative estimate of drug-likeness (QED) is 0.506. The molecule has 0 bridgehead atoms. The van der Waals surface area contributed by atoms with Crippen LogP contribution in [0.15, 0.2) is 47.4 Å². The Morgan fingerprint density at radius 3 is 2.14 bits per heavy atom. The second-order valence-electron chi connectivity index (χ2n) is 5.68. The molecule has 0 aliphatic heterocycles. The third-order valence-electron chi connectivity index (χ3n) is 3.45. The van der Waals surface area contributed by atoms with Crippen LogP contribution in [0.25, 0.3) is 0 Å². The molecule has 7 nitrogen and oxygen atoms in total. The zero-order valence-electron chi connectivity index (χ0n) is 15.7. The Hall–Kier alpha value is -1.79. The summed E-state index contributed by atoms with van der Waals surface area (Å²) in [7, 11) is -0.986. The van der Waals surface area contributed by atoms with Crippen LogP contribution >= 0.6 is 0 Å². The number of carboxylic acids is 1. The van der Waals surface area contributed by atoms with E-state index in [1.54, 1.807) is 0 Å². The number of hydrogen-bond donors (Lipinski definition) is 0. The van der Waals surface area contributed by atoms with Crippen LogP contribution in [-0.2, 0) is 21.0 Å². The average molecular weight is 441 g/mol. The molecule has 0 fully saturated rings. The Balaban J connectivity index is 0.00000420. The van der Waals surface area contributed by atoms with E-state index in [9.17, 15) is 31.5 Å². The van der Waals surface area contributed by atoms with Gasteiger partial charge in [-0.1, -0.05) is 0 Å². The molecule has 152 valence electrons. The zero-order chi connectivity index (χ0) is 21.1. The molecule has 0 saturated heterocycles. The number of aliphatic carboxylic acids is 1. The Labute approximate surface area is 187 Å². The van der Waals surface area contributed by atoms with Crippen molar-refractivity contribution in [3.63, 3.8) is 0 Å². The summed E-state index contributed by atoms with van der Waals surface area (Å²) in [6, 6.07) is 7.23. The SMILES string of the molecule is CN(C)S(=O)(=O)c1ccc(Oc2cc(C(F)(F)F)ccc2OCC(=O)[O-])cc1.[Na+]. The van der Waals surface area contributed by atoms with Gasteiger partial charge in [0.05, 0.1) is 16.4 Å². The number of sulfonamides is 1. The van der Waals surface area contributed by atoms with Crippen molar-refractivity contribution in [2.75, 3.05) is 20.7 Å². The van der Waals surface area contributed by atoms with Crippen LogP contribution in [0.1, 0.15) is 5.56 Å². The summed E-state index contributed by atoms with van der Waals surface area (Å²) in [6.45, 7) is -0.887. The van der Waals surface area contributed by atoms with Crippen molar-refractivity contribution in [3.05, 3.63) is 48.0 Å². The minimum atomic E-state index is -4.66. The largest absolute Gasteiger partial charge is 1.00 e. The minimum Gasteiger partial charge on any atom is -0.546 e.